The van der Waals surface area contributed by atoms with Gasteiger partial charge in [0.15, 0.2) is 0 Å². The Labute approximate surface area is 156 Å². The van der Waals surface area contributed by atoms with Crippen LogP contribution in [0.1, 0.15) is 22.7 Å². The first-order valence-corrected chi connectivity index (χ1v) is 9.29. The third-order valence-electron chi connectivity index (χ3n) is 3.96. The summed E-state index contributed by atoms with van der Waals surface area (Å²) in [6.07, 6.45) is 3.09. The van der Waals surface area contributed by atoms with E-state index in [4.69, 9.17) is 39.5 Å². The van der Waals surface area contributed by atoms with Crippen molar-refractivity contribution in [3.8, 4) is 5.75 Å². The third-order valence-corrected chi connectivity index (χ3v) is 6.17. The lowest BCUT2D eigenvalue weighted by atomic mass is 10.2. The molecule has 1 N–H and O–H groups in total. The topological polar surface area (TPSA) is 55.0 Å². The zero-order valence-electron chi connectivity index (χ0n) is 12.3. The van der Waals surface area contributed by atoms with E-state index in [1.54, 1.807) is 17.4 Å². The molecule has 0 radical (unpaired) electrons. The van der Waals surface area contributed by atoms with Crippen LogP contribution >= 0.6 is 46.1 Å². The SMILES string of the molecule is O=c1[nH]c(COc2cc(Cl)c(Cl)cc2Cl)nc2sc3c(c12)CCC3. The van der Waals surface area contributed by atoms with Crippen molar-refractivity contribution in [1.82, 2.24) is 9.97 Å². The molecule has 0 aliphatic heterocycles. The number of nitrogens with zero attached hydrogens (tertiary/aromatic N) is 1. The van der Waals surface area contributed by atoms with Crippen LogP contribution in [0, 0.1) is 0 Å². The smallest absolute Gasteiger partial charge is 0.260 e. The number of benzene rings is 1. The molecule has 124 valence electrons. The van der Waals surface area contributed by atoms with E-state index in [0.29, 0.717) is 26.6 Å². The number of fused-ring (bicyclic) bond motifs is 3. The molecule has 1 aliphatic carbocycles. The number of halogens is 3. The van der Waals surface area contributed by atoms with Crippen molar-refractivity contribution in [3.05, 3.63) is 53.8 Å². The van der Waals surface area contributed by atoms with E-state index in [9.17, 15) is 4.79 Å². The molecule has 0 fully saturated rings. The van der Waals surface area contributed by atoms with Gasteiger partial charge in [0.25, 0.3) is 5.56 Å². The highest BCUT2D eigenvalue weighted by molar-refractivity contribution is 7.18. The number of ether oxygens (including phenoxy) is 1. The lowest BCUT2D eigenvalue weighted by Crippen LogP contribution is -2.13. The van der Waals surface area contributed by atoms with E-state index in [1.165, 1.54) is 10.9 Å². The standard InChI is InChI=1S/C16H11Cl3N2O2S/c17-8-4-10(19)11(5-9(8)18)23-6-13-20-15(22)14-7-2-1-3-12(7)24-16(14)21-13/h4-5H,1-3,6H2,(H,20,21,22). The third kappa shape index (κ3) is 2.80. The summed E-state index contributed by atoms with van der Waals surface area (Å²) >= 11 is 19.5. The van der Waals surface area contributed by atoms with E-state index in [-0.39, 0.29) is 12.2 Å². The number of hydrogen-bond acceptors (Lipinski definition) is 4. The average molecular weight is 402 g/mol. The van der Waals surface area contributed by atoms with Gasteiger partial charge in [0.05, 0.1) is 20.5 Å². The van der Waals surface area contributed by atoms with Gasteiger partial charge in [-0.1, -0.05) is 34.8 Å². The van der Waals surface area contributed by atoms with Crippen LogP contribution in [-0.4, -0.2) is 9.97 Å². The van der Waals surface area contributed by atoms with E-state index >= 15 is 0 Å². The molecule has 4 rings (SSSR count). The number of aryl methyl sites for hydroxylation is 2. The maximum atomic E-state index is 12.4. The monoisotopic (exact) mass is 400 g/mol. The summed E-state index contributed by atoms with van der Waals surface area (Å²) in [7, 11) is 0. The number of nitrogens with one attached hydrogen (secondary N) is 1. The van der Waals surface area contributed by atoms with Crippen LogP contribution in [0.4, 0.5) is 0 Å². The van der Waals surface area contributed by atoms with Crippen LogP contribution in [-0.2, 0) is 19.4 Å². The summed E-state index contributed by atoms with van der Waals surface area (Å²) in [5, 5.41) is 1.78. The zero-order chi connectivity index (χ0) is 16.8. The molecule has 2 heterocycles. The van der Waals surface area contributed by atoms with Crippen molar-refractivity contribution >= 4 is 56.4 Å². The highest BCUT2D eigenvalue weighted by Crippen LogP contribution is 2.35. The second-order valence-electron chi connectivity index (χ2n) is 5.54. The number of aromatic amines is 1. The molecule has 4 nitrogen and oxygen atoms in total. The van der Waals surface area contributed by atoms with Crippen LogP contribution < -0.4 is 10.3 Å². The first kappa shape index (κ1) is 16.2. The molecule has 0 atom stereocenters. The van der Waals surface area contributed by atoms with Gasteiger partial charge < -0.3 is 9.72 Å². The maximum Gasteiger partial charge on any atom is 0.260 e. The summed E-state index contributed by atoms with van der Waals surface area (Å²) in [5.74, 6) is 0.844. The van der Waals surface area contributed by atoms with Crippen molar-refractivity contribution in [1.29, 1.82) is 0 Å². The Balaban J connectivity index is 1.64. The highest BCUT2D eigenvalue weighted by Gasteiger charge is 2.21. The van der Waals surface area contributed by atoms with Crippen molar-refractivity contribution in [2.45, 2.75) is 25.9 Å². The van der Waals surface area contributed by atoms with Gasteiger partial charge in [0.2, 0.25) is 0 Å². The number of rotatable bonds is 3. The Bertz CT molecular complexity index is 1010. The minimum absolute atomic E-state index is 0.0887. The van der Waals surface area contributed by atoms with Crippen LogP contribution in [0.2, 0.25) is 15.1 Å². The predicted molar refractivity (Wildman–Crippen MR) is 98.1 cm³/mol. The lowest BCUT2D eigenvalue weighted by Gasteiger charge is -2.09. The summed E-state index contributed by atoms with van der Waals surface area (Å²) in [5.41, 5.74) is 1.04. The molecule has 8 heteroatoms. The fraction of sp³-hybridized carbons (Fsp3) is 0.250. The van der Waals surface area contributed by atoms with E-state index in [1.807, 2.05) is 0 Å². The normalized spacial score (nSPS) is 13.5. The zero-order valence-corrected chi connectivity index (χ0v) is 15.4. The van der Waals surface area contributed by atoms with Crippen molar-refractivity contribution in [2.24, 2.45) is 0 Å². The molecular formula is C16H11Cl3N2O2S. The minimum atomic E-state index is -0.113. The number of aromatic nitrogens is 2. The molecule has 2 aromatic heterocycles. The molecule has 0 bridgehead atoms. The minimum Gasteiger partial charge on any atom is -0.484 e. The summed E-state index contributed by atoms with van der Waals surface area (Å²) in [4.78, 5) is 21.7. The highest BCUT2D eigenvalue weighted by atomic mass is 35.5. The molecule has 0 saturated carbocycles. The van der Waals surface area contributed by atoms with Crippen LogP contribution in [0.5, 0.6) is 5.75 Å². The molecular weight excluding hydrogens is 391 g/mol. The summed E-state index contributed by atoms with van der Waals surface area (Å²) in [6.45, 7) is 0.0887. The van der Waals surface area contributed by atoms with Gasteiger partial charge in [-0.25, -0.2) is 4.98 Å². The fourth-order valence-electron chi connectivity index (χ4n) is 2.88. The summed E-state index contributed by atoms with van der Waals surface area (Å²) in [6, 6.07) is 3.06. The second-order valence-corrected chi connectivity index (χ2v) is 7.84. The van der Waals surface area contributed by atoms with Crippen molar-refractivity contribution in [2.75, 3.05) is 0 Å². The molecule has 0 spiro atoms. The van der Waals surface area contributed by atoms with E-state index in [2.05, 4.69) is 9.97 Å². The van der Waals surface area contributed by atoms with Crippen molar-refractivity contribution in [3.63, 3.8) is 0 Å². The number of hydrogen-bond donors (Lipinski definition) is 1. The Morgan fingerprint density at radius 1 is 1.17 bits per heavy atom. The van der Waals surface area contributed by atoms with Crippen LogP contribution in [0.25, 0.3) is 10.2 Å². The Kier molecular flexibility index (Phi) is 4.21. The summed E-state index contributed by atoms with van der Waals surface area (Å²) < 4.78 is 5.64. The Morgan fingerprint density at radius 3 is 2.79 bits per heavy atom. The predicted octanol–water partition coefficient (Wildman–Crippen LogP) is 5.01. The van der Waals surface area contributed by atoms with Gasteiger partial charge >= 0.3 is 0 Å². The molecule has 0 amide bonds. The molecule has 1 aliphatic rings. The van der Waals surface area contributed by atoms with E-state index in [0.717, 1.165) is 35.0 Å². The van der Waals surface area contributed by atoms with Gasteiger partial charge in [-0.15, -0.1) is 11.3 Å². The van der Waals surface area contributed by atoms with Gasteiger partial charge in [0.1, 0.15) is 23.0 Å². The van der Waals surface area contributed by atoms with Crippen molar-refractivity contribution < 1.29 is 4.74 Å². The molecule has 0 saturated heterocycles. The number of H-pyrrole nitrogens is 1. The quantitative estimate of drug-likeness (QED) is 0.627. The number of thiophene rings is 1. The first-order valence-electron chi connectivity index (χ1n) is 7.33. The van der Waals surface area contributed by atoms with Gasteiger partial charge in [-0.05, 0) is 30.9 Å². The van der Waals surface area contributed by atoms with Gasteiger partial charge in [-0.3, -0.25) is 4.79 Å². The molecule has 24 heavy (non-hydrogen) atoms. The van der Waals surface area contributed by atoms with Crippen LogP contribution in [0.3, 0.4) is 0 Å². The molecule has 3 aromatic rings. The van der Waals surface area contributed by atoms with E-state index < -0.39 is 0 Å². The molecule has 1 aromatic carbocycles. The average Bonchev–Trinajstić information content (AvgIpc) is 3.09. The Morgan fingerprint density at radius 2 is 1.96 bits per heavy atom. The van der Waals surface area contributed by atoms with Gasteiger partial charge in [-0.2, -0.15) is 0 Å². The Hall–Kier alpha value is -1.27. The largest absolute Gasteiger partial charge is 0.484 e. The van der Waals surface area contributed by atoms with Crippen LogP contribution in [0.15, 0.2) is 16.9 Å². The van der Waals surface area contributed by atoms with Gasteiger partial charge in [0, 0.05) is 10.9 Å². The first-order chi connectivity index (χ1) is 11.5. The molecule has 0 unspecified atom stereocenters. The second kappa shape index (κ2) is 6.23. The maximum absolute atomic E-state index is 12.4. The lowest BCUT2D eigenvalue weighted by molar-refractivity contribution is 0.296. The fourth-order valence-corrected chi connectivity index (χ4v) is 4.75.